The van der Waals surface area contributed by atoms with Crippen molar-refractivity contribution in [3.05, 3.63) is 42.0 Å². The van der Waals surface area contributed by atoms with Gasteiger partial charge in [-0.2, -0.15) is 0 Å². The van der Waals surface area contributed by atoms with Crippen LogP contribution in [-0.2, 0) is 4.74 Å². The monoisotopic (exact) mass is 241 g/mol. The Morgan fingerprint density at radius 2 is 2.06 bits per heavy atom. The topological polar surface area (TPSA) is 30.8 Å². The molecule has 0 spiro atoms. The third-order valence-corrected chi connectivity index (χ3v) is 3.13. The van der Waals surface area contributed by atoms with Crippen LogP contribution in [0, 0.1) is 0 Å². The summed E-state index contributed by atoms with van der Waals surface area (Å²) in [4.78, 5) is 4.46. The second-order valence-electron chi connectivity index (χ2n) is 4.44. The highest BCUT2D eigenvalue weighted by molar-refractivity contribution is 6.10. The smallest absolute Gasteiger partial charge is 0.221 e. The number of methoxy groups -OCH3 is 1. The van der Waals surface area contributed by atoms with E-state index < -0.39 is 0 Å². The van der Waals surface area contributed by atoms with Gasteiger partial charge < -0.3 is 9.47 Å². The molecule has 0 aromatic heterocycles. The largest absolute Gasteiger partial charge is 0.496 e. The summed E-state index contributed by atoms with van der Waals surface area (Å²) in [5.41, 5.74) is 0.958. The maximum Gasteiger partial charge on any atom is 0.221 e. The number of aliphatic imine (C=N–C) groups is 1. The Morgan fingerprint density at radius 3 is 2.78 bits per heavy atom. The minimum absolute atomic E-state index is 0.142. The molecular formula is C15H15NO2. The number of hydrogen-bond donors (Lipinski definition) is 0. The van der Waals surface area contributed by atoms with Crippen molar-refractivity contribution < 1.29 is 9.47 Å². The fourth-order valence-electron chi connectivity index (χ4n) is 2.26. The molecule has 1 heterocycles. The molecular weight excluding hydrogens is 226 g/mol. The lowest BCUT2D eigenvalue weighted by Gasteiger charge is -2.12. The number of ether oxygens (including phenoxy) is 2. The Labute approximate surface area is 106 Å². The van der Waals surface area contributed by atoms with Crippen LogP contribution in [0.3, 0.4) is 0 Å². The highest BCUT2D eigenvalue weighted by Gasteiger charge is 2.22. The summed E-state index contributed by atoms with van der Waals surface area (Å²) >= 11 is 0. The first-order valence-corrected chi connectivity index (χ1v) is 6.07. The standard InChI is InChI=1S/C15H15NO2/c1-10-9-16-15(18-10)14-12-6-4-3-5-11(12)7-8-13(14)17-2/h3-8,10H,9H2,1-2H3. The Morgan fingerprint density at radius 1 is 1.22 bits per heavy atom. The van der Waals surface area contributed by atoms with Crippen LogP contribution in [-0.4, -0.2) is 25.7 Å². The van der Waals surface area contributed by atoms with Gasteiger partial charge in [0, 0.05) is 0 Å². The number of fused-ring (bicyclic) bond motifs is 1. The van der Waals surface area contributed by atoms with Crippen LogP contribution >= 0.6 is 0 Å². The van der Waals surface area contributed by atoms with E-state index in [4.69, 9.17) is 9.47 Å². The molecule has 0 aliphatic carbocycles. The lowest BCUT2D eigenvalue weighted by molar-refractivity contribution is 0.246. The minimum atomic E-state index is 0.142. The van der Waals surface area contributed by atoms with Crippen LogP contribution in [0.15, 0.2) is 41.4 Å². The SMILES string of the molecule is COc1ccc2ccccc2c1C1=NCC(C)O1. The van der Waals surface area contributed by atoms with Gasteiger partial charge >= 0.3 is 0 Å². The third kappa shape index (κ3) is 1.72. The van der Waals surface area contributed by atoms with E-state index in [1.807, 2.05) is 25.1 Å². The predicted octanol–water partition coefficient (Wildman–Crippen LogP) is 3.01. The van der Waals surface area contributed by atoms with Crippen LogP contribution in [0.2, 0.25) is 0 Å². The molecule has 92 valence electrons. The first-order chi connectivity index (χ1) is 8.79. The molecule has 1 atom stereocenters. The molecule has 0 saturated heterocycles. The fraction of sp³-hybridized carbons (Fsp3) is 0.267. The van der Waals surface area contributed by atoms with E-state index in [9.17, 15) is 0 Å². The summed E-state index contributed by atoms with van der Waals surface area (Å²) in [6.45, 7) is 2.73. The lowest BCUT2D eigenvalue weighted by Crippen LogP contribution is -2.10. The van der Waals surface area contributed by atoms with Gasteiger partial charge in [-0.3, -0.25) is 0 Å². The Kier molecular flexibility index (Phi) is 2.67. The number of hydrogen-bond acceptors (Lipinski definition) is 3. The maximum absolute atomic E-state index is 5.77. The summed E-state index contributed by atoms with van der Waals surface area (Å²) in [5.74, 6) is 1.50. The zero-order chi connectivity index (χ0) is 12.5. The summed E-state index contributed by atoms with van der Waals surface area (Å²) in [7, 11) is 1.67. The summed E-state index contributed by atoms with van der Waals surface area (Å²) in [5, 5.41) is 2.28. The second kappa shape index (κ2) is 4.33. The molecule has 2 aromatic carbocycles. The molecule has 1 aliphatic heterocycles. The van der Waals surface area contributed by atoms with E-state index in [2.05, 4.69) is 23.2 Å². The van der Waals surface area contributed by atoms with Gasteiger partial charge in [-0.05, 0) is 23.8 Å². The van der Waals surface area contributed by atoms with Crippen molar-refractivity contribution in [2.24, 2.45) is 4.99 Å². The number of nitrogens with zero attached hydrogens (tertiary/aromatic N) is 1. The van der Waals surface area contributed by atoms with Gasteiger partial charge in [-0.1, -0.05) is 30.3 Å². The summed E-state index contributed by atoms with van der Waals surface area (Å²) in [6, 6.07) is 12.2. The van der Waals surface area contributed by atoms with Crippen molar-refractivity contribution >= 4 is 16.7 Å². The van der Waals surface area contributed by atoms with Gasteiger partial charge in [-0.25, -0.2) is 4.99 Å². The Balaban J connectivity index is 2.24. The molecule has 3 heteroatoms. The Bertz CT molecular complexity index is 619. The Hall–Kier alpha value is -2.03. The van der Waals surface area contributed by atoms with Gasteiger partial charge in [0.25, 0.3) is 0 Å². The summed E-state index contributed by atoms with van der Waals surface area (Å²) < 4.78 is 11.2. The van der Waals surface area contributed by atoms with Crippen LogP contribution in [0.4, 0.5) is 0 Å². The normalized spacial score (nSPS) is 18.6. The zero-order valence-electron chi connectivity index (χ0n) is 10.5. The molecule has 3 rings (SSSR count). The van der Waals surface area contributed by atoms with Crippen molar-refractivity contribution in [3.8, 4) is 5.75 Å². The van der Waals surface area contributed by atoms with E-state index in [-0.39, 0.29) is 6.10 Å². The minimum Gasteiger partial charge on any atom is -0.496 e. The summed E-state index contributed by atoms with van der Waals surface area (Å²) in [6.07, 6.45) is 0.142. The maximum atomic E-state index is 5.77. The molecule has 0 amide bonds. The molecule has 0 saturated carbocycles. The van der Waals surface area contributed by atoms with Gasteiger partial charge in [0.05, 0.1) is 19.2 Å². The molecule has 0 radical (unpaired) electrons. The molecule has 3 nitrogen and oxygen atoms in total. The van der Waals surface area contributed by atoms with E-state index in [0.717, 1.165) is 16.7 Å². The molecule has 1 aliphatic rings. The van der Waals surface area contributed by atoms with E-state index in [1.165, 1.54) is 5.39 Å². The van der Waals surface area contributed by atoms with E-state index >= 15 is 0 Å². The lowest BCUT2D eigenvalue weighted by atomic mass is 10.0. The van der Waals surface area contributed by atoms with Crippen molar-refractivity contribution in [1.82, 2.24) is 0 Å². The van der Waals surface area contributed by atoms with Gasteiger partial charge in [-0.15, -0.1) is 0 Å². The van der Waals surface area contributed by atoms with Crippen LogP contribution < -0.4 is 4.74 Å². The zero-order valence-corrected chi connectivity index (χ0v) is 10.5. The van der Waals surface area contributed by atoms with Crippen molar-refractivity contribution in [2.75, 3.05) is 13.7 Å². The first-order valence-electron chi connectivity index (χ1n) is 6.07. The van der Waals surface area contributed by atoms with Crippen LogP contribution in [0.5, 0.6) is 5.75 Å². The van der Waals surface area contributed by atoms with Crippen molar-refractivity contribution in [1.29, 1.82) is 0 Å². The first kappa shape index (κ1) is 11.1. The van der Waals surface area contributed by atoms with Gasteiger partial charge in [0.2, 0.25) is 5.90 Å². The van der Waals surface area contributed by atoms with E-state index in [1.54, 1.807) is 7.11 Å². The third-order valence-electron chi connectivity index (χ3n) is 3.13. The average Bonchev–Trinajstić information content (AvgIpc) is 2.83. The molecule has 18 heavy (non-hydrogen) atoms. The molecule has 0 N–H and O–H groups in total. The second-order valence-corrected chi connectivity index (χ2v) is 4.44. The van der Waals surface area contributed by atoms with Crippen LogP contribution in [0.1, 0.15) is 12.5 Å². The van der Waals surface area contributed by atoms with Crippen molar-refractivity contribution in [2.45, 2.75) is 13.0 Å². The van der Waals surface area contributed by atoms with E-state index in [0.29, 0.717) is 12.4 Å². The highest BCUT2D eigenvalue weighted by atomic mass is 16.5. The average molecular weight is 241 g/mol. The number of benzene rings is 2. The quantitative estimate of drug-likeness (QED) is 0.809. The van der Waals surface area contributed by atoms with Gasteiger partial charge in [0.1, 0.15) is 11.9 Å². The highest BCUT2D eigenvalue weighted by Crippen LogP contribution is 2.30. The van der Waals surface area contributed by atoms with Gasteiger partial charge in [0.15, 0.2) is 0 Å². The molecule has 2 aromatic rings. The fourth-order valence-corrected chi connectivity index (χ4v) is 2.26. The predicted molar refractivity (Wildman–Crippen MR) is 72.5 cm³/mol. The number of rotatable bonds is 2. The molecule has 0 fully saturated rings. The van der Waals surface area contributed by atoms with Crippen molar-refractivity contribution in [3.63, 3.8) is 0 Å². The van der Waals surface area contributed by atoms with Crippen LogP contribution in [0.25, 0.3) is 10.8 Å². The molecule has 1 unspecified atom stereocenters. The molecule has 0 bridgehead atoms.